The van der Waals surface area contributed by atoms with E-state index < -0.39 is 24.0 Å². The molecule has 1 aliphatic carbocycles. The van der Waals surface area contributed by atoms with E-state index in [0.29, 0.717) is 31.2 Å². The molecule has 0 bridgehead atoms. The molecule has 1 saturated carbocycles. The van der Waals surface area contributed by atoms with Gasteiger partial charge in [-0.3, -0.25) is 9.59 Å². The average molecular weight is 564 g/mol. The first kappa shape index (κ1) is 27.1. The largest absolute Gasteiger partial charge is 0.481 e. The van der Waals surface area contributed by atoms with Crippen molar-refractivity contribution in [3.05, 3.63) is 66.0 Å². The van der Waals surface area contributed by atoms with Crippen LogP contribution >= 0.6 is 0 Å². The van der Waals surface area contributed by atoms with Crippen molar-refractivity contribution in [2.24, 2.45) is 5.92 Å². The summed E-state index contributed by atoms with van der Waals surface area (Å²) in [4.78, 5) is 30.2. The highest BCUT2D eigenvalue weighted by atomic mass is 19.1. The number of likely N-dealkylation sites (tertiary alicyclic amines) is 1. The second-order valence-corrected chi connectivity index (χ2v) is 10.9. The maximum atomic E-state index is 15.5. The number of rotatable bonds is 8. The summed E-state index contributed by atoms with van der Waals surface area (Å²) in [6.07, 6.45) is 0.949. The lowest BCUT2D eigenvalue weighted by atomic mass is 9.87. The van der Waals surface area contributed by atoms with Gasteiger partial charge in [-0.05, 0) is 43.2 Å². The highest BCUT2D eigenvalue weighted by Gasteiger charge is 2.37. The molecule has 1 saturated heterocycles. The molecule has 2 aliphatic rings. The number of fused-ring (bicyclic) bond motifs is 2. The SMILES string of the molecule is O=C(Cc1ccc2nc(Nc3cccc4ccccc34)oc2c1F)N1C[C@@H](F)C[C@H]1CO[C@H]1CC[C@H](C(=O)O)CC1. The quantitative estimate of drug-likeness (QED) is 0.271. The van der Waals surface area contributed by atoms with E-state index in [9.17, 15) is 19.1 Å². The van der Waals surface area contributed by atoms with Gasteiger partial charge in [-0.15, -0.1) is 0 Å². The number of anilines is 2. The number of hydrogen-bond donors (Lipinski definition) is 2. The topological polar surface area (TPSA) is 105 Å². The first-order chi connectivity index (χ1) is 19.9. The zero-order chi connectivity index (χ0) is 28.5. The van der Waals surface area contributed by atoms with Crippen LogP contribution in [0.3, 0.4) is 0 Å². The van der Waals surface area contributed by atoms with Crippen molar-refractivity contribution in [1.29, 1.82) is 0 Å². The average Bonchev–Trinajstić information content (AvgIpc) is 3.57. The van der Waals surface area contributed by atoms with Crippen molar-refractivity contribution in [3.63, 3.8) is 0 Å². The molecule has 214 valence electrons. The third kappa shape index (κ3) is 5.74. The summed E-state index contributed by atoms with van der Waals surface area (Å²) in [5.74, 6) is -2.20. The van der Waals surface area contributed by atoms with Gasteiger partial charge in [0, 0.05) is 17.4 Å². The lowest BCUT2D eigenvalue weighted by molar-refractivity contribution is -0.144. The number of nitrogens with zero attached hydrogens (tertiary/aromatic N) is 2. The van der Waals surface area contributed by atoms with Crippen LogP contribution in [0.4, 0.5) is 20.5 Å². The second-order valence-electron chi connectivity index (χ2n) is 10.9. The Hall–Kier alpha value is -4.05. The van der Waals surface area contributed by atoms with E-state index >= 15 is 4.39 Å². The molecule has 41 heavy (non-hydrogen) atoms. The number of oxazole rings is 1. The number of alkyl halides is 1. The van der Waals surface area contributed by atoms with Crippen molar-refractivity contribution in [3.8, 4) is 0 Å². The maximum absolute atomic E-state index is 15.5. The Morgan fingerprint density at radius 1 is 1.07 bits per heavy atom. The minimum atomic E-state index is -1.18. The van der Waals surface area contributed by atoms with Crippen LogP contribution in [0.25, 0.3) is 21.9 Å². The van der Waals surface area contributed by atoms with Crippen LogP contribution in [0.1, 0.15) is 37.7 Å². The molecule has 4 aromatic rings. The van der Waals surface area contributed by atoms with Gasteiger partial charge in [0.15, 0.2) is 11.4 Å². The first-order valence-electron chi connectivity index (χ1n) is 14.0. The van der Waals surface area contributed by atoms with Crippen molar-refractivity contribution in [2.45, 2.75) is 56.8 Å². The highest BCUT2D eigenvalue weighted by Crippen LogP contribution is 2.31. The van der Waals surface area contributed by atoms with Crippen molar-refractivity contribution >= 4 is 45.5 Å². The van der Waals surface area contributed by atoms with Gasteiger partial charge < -0.3 is 24.5 Å². The maximum Gasteiger partial charge on any atom is 0.306 e. The molecule has 2 atom stereocenters. The second kappa shape index (κ2) is 11.4. The molecule has 2 fully saturated rings. The molecule has 8 nitrogen and oxygen atoms in total. The van der Waals surface area contributed by atoms with E-state index in [-0.39, 0.29) is 61.1 Å². The zero-order valence-corrected chi connectivity index (χ0v) is 22.4. The van der Waals surface area contributed by atoms with Gasteiger partial charge >= 0.3 is 5.97 Å². The number of nitrogens with one attached hydrogen (secondary N) is 1. The lowest BCUT2D eigenvalue weighted by Crippen LogP contribution is -2.40. The summed E-state index contributed by atoms with van der Waals surface area (Å²) in [7, 11) is 0. The van der Waals surface area contributed by atoms with Gasteiger partial charge in [-0.25, -0.2) is 8.78 Å². The highest BCUT2D eigenvalue weighted by molar-refractivity contribution is 5.95. The molecule has 3 aromatic carbocycles. The number of hydrogen-bond acceptors (Lipinski definition) is 6. The van der Waals surface area contributed by atoms with Crippen LogP contribution in [-0.2, 0) is 20.7 Å². The fourth-order valence-electron chi connectivity index (χ4n) is 5.95. The zero-order valence-electron chi connectivity index (χ0n) is 22.4. The van der Waals surface area contributed by atoms with E-state index in [2.05, 4.69) is 10.3 Å². The minimum Gasteiger partial charge on any atom is -0.481 e. The molecular formula is C31H31F2N3O5. The van der Waals surface area contributed by atoms with Gasteiger partial charge in [0.1, 0.15) is 11.7 Å². The number of carboxylic acids is 1. The fourth-order valence-corrected chi connectivity index (χ4v) is 5.95. The number of aromatic nitrogens is 1. The predicted molar refractivity (Wildman–Crippen MR) is 149 cm³/mol. The fraction of sp³-hybridized carbons (Fsp3) is 0.387. The molecule has 6 rings (SSSR count). The summed E-state index contributed by atoms with van der Waals surface area (Å²) in [6.45, 7) is 0.102. The summed E-state index contributed by atoms with van der Waals surface area (Å²) in [5, 5.41) is 14.3. The number of amides is 1. The molecule has 0 radical (unpaired) electrons. The number of aliphatic carboxylic acids is 1. The van der Waals surface area contributed by atoms with Gasteiger partial charge in [0.05, 0.1) is 43.3 Å². The minimum absolute atomic E-state index is 0.0559. The Bertz CT molecular complexity index is 1580. The number of benzene rings is 3. The van der Waals surface area contributed by atoms with Gasteiger partial charge in [0.25, 0.3) is 6.01 Å². The summed E-state index contributed by atoms with van der Waals surface area (Å²) < 4.78 is 41.6. The summed E-state index contributed by atoms with van der Waals surface area (Å²) >= 11 is 0. The molecule has 1 amide bonds. The number of carbonyl (C=O) groups excluding carboxylic acids is 1. The van der Waals surface area contributed by atoms with Crippen molar-refractivity contribution in [1.82, 2.24) is 9.88 Å². The van der Waals surface area contributed by atoms with Gasteiger partial charge in [-0.1, -0.05) is 42.5 Å². The van der Waals surface area contributed by atoms with E-state index in [1.807, 2.05) is 42.5 Å². The molecule has 0 unspecified atom stereocenters. The standard InChI is InChI=1S/C31H31F2N3O5/c32-21-15-22(17-40-23-11-8-19(9-12-23)30(38)39)36(16-21)27(37)14-20-10-13-26-29(28(20)33)41-31(35-26)34-25-7-3-5-18-4-1-2-6-24(18)25/h1-7,10,13,19,21-23H,8-9,11-12,14-17H2,(H,34,35)(H,38,39)/t19-,21-,22-,23-/m0/s1. The first-order valence-corrected chi connectivity index (χ1v) is 14.0. The van der Waals surface area contributed by atoms with Gasteiger partial charge in [0.2, 0.25) is 5.91 Å². The van der Waals surface area contributed by atoms with Gasteiger partial charge in [-0.2, -0.15) is 4.98 Å². The van der Waals surface area contributed by atoms with Crippen LogP contribution < -0.4 is 5.32 Å². The number of halogens is 2. The monoisotopic (exact) mass is 563 g/mol. The lowest BCUT2D eigenvalue weighted by Gasteiger charge is -2.29. The molecule has 10 heteroatoms. The van der Waals surface area contributed by atoms with E-state index in [1.165, 1.54) is 11.0 Å². The molecule has 2 heterocycles. The van der Waals surface area contributed by atoms with Crippen LogP contribution in [-0.4, -0.2) is 58.3 Å². The molecule has 2 N–H and O–H groups in total. The van der Waals surface area contributed by atoms with Crippen molar-refractivity contribution < 1.29 is 32.6 Å². The van der Waals surface area contributed by atoms with Crippen LogP contribution in [0, 0.1) is 11.7 Å². The molecule has 1 aliphatic heterocycles. The van der Waals surface area contributed by atoms with Crippen molar-refractivity contribution in [2.75, 3.05) is 18.5 Å². The molecule has 1 aromatic heterocycles. The third-order valence-electron chi connectivity index (χ3n) is 8.18. The Morgan fingerprint density at radius 2 is 1.85 bits per heavy atom. The third-order valence-corrected chi connectivity index (χ3v) is 8.18. The Morgan fingerprint density at radius 3 is 2.66 bits per heavy atom. The Kier molecular flexibility index (Phi) is 7.57. The number of carbonyl (C=O) groups is 2. The summed E-state index contributed by atoms with van der Waals surface area (Å²) in [6, 6.07) is 16.4. The Balaban J connectivity index is 1.12. The number of carboxylic acid groups (broad SMARTS) is 1. The predicted octanol–water partition coefficient (Wildman–Crippen LogP) is 6.01. The number of ether oxygens (including phenoxy) is 1. The smallest absolute Gasteiger partial charge is 0.306 e. The van der Waals surface area contributed by atoms with E-state index in [1.54, 1.807) is 6.07 Å². The molecule has 0 spiro atoms. The summed E-state index contributed by atoms with van der Waals surface area (Å²) in [5.41, 5.74) is 1.17. The molecular weight excluding hydrogens is 532 g/mol. The Labute approximate surface area is 235 Å². The van der Waals surface area contributed by atoms with Crippen LogP contribution in [0.15, 0.2) is 59.0 Å². The normalized spacial score (nSPS) is 22.8. The van der Waals surface area contributed by atoms with E-state index in [4.69, 9.17) is 9.15 Å². The van der Waals surface area contributed by atoms with Crippen LogP contribution in [0.5, 0.6) is 0 Å². The van der Waals surface area contributed by atoms with E-state index in [0.717, 1.165) is 16.5 Å². The van der Waals surface area contributed by atoms with Crippen LogP contribution in [0.2, 0.25) is 0 Å².